The zero-order valence-electron chi connectivity index (χ0n) is 20.1. The topological polar surface area (TPSA) is 126 Å². The van der Waals surface area contributed by atoms with Crippen LogP contribution in [0, 0.1) is 5.92 Å². The number of hydrogen-bond donors (Lipinski definition) is 1. The van der Waals surface area contributed by atoms with Crippen LogP contribution in [0.15, 0.2) is 17.2 Å². The van der Waals surface area contributed by atoms with Gasteiger partial charge in [-0.05, 0) is 18.9 Å². The Balaban J connectivity index is 1.57. The van der Waals surface area contributed by atoms with Gasteiger partial charge >= 0.3 is 0 Å². The molecule has 0 radical (unpaired) electrons. The van der Waals surface area contributed by atoms with E-state index in [0.717, 1.165) is 0 Å². The largest absolute Gasteiger partial charge is 0.365 e. The quantitative estimate of drug-likeness (QED) is 0.446. The lowest BCUT2D eigenvalue weighted by Crippen LogP contribution is -2.50. The molecule has 1 N–H and O–H groups in total. The number of rotatable bonds is 8. The zero-order valence-corrected chi connectivity index (χ0v) is 21.7. The molecule has 200 valence electrons. The third-order valence-corrected chi connectivity index (χ3v) is 8.95. The van der Waals surface area contributed by atoms with Crippen LogP contribution in [0.5, 0.6) is 0 Å². The molecule has 2 aliphatic rings. The van der Waals surface area contributed by atoms with Crippen molar-refractivity contribution in [3.63, 3.8) is 0 Å². The highest BCUT2D eigenvalue weighted by Gasteiger charge is 2.46. The molecule has 1 amide bonds. The monoisotopic (exact) mass is 558 g/mol. The lowest BCUT2D eigenvalue weighted by molar-refractivity contribution is -0.134. The van der Waals surface area contributed by atoms with Crippen LogP contribution < -0.4 is 9.62 Å². The summed E-state index contributed by atoms with van der Waals surface area (Å²) in [6.45, 7) is 4.51. The van der Waals surface area contributed by atoms with Crippen molar-refractivity contribution < 1.29 is 26.4 Å². The van der Waals surface area contributed by atoms with Crippen LogP contribution in [0.1, 0.15) is 38.1 Å². The van der Waals surface area contributed by atoms with E-state index in [-0.39, 0.29) is 33.2 Å². The van der Waals surface area contributed by atoms with Gasteiger partial charge in [-0.15, -0.1) is 20.4 Å². The second kappa shape index (κ2) is 9.47. The van der Waals surface area contributed by atoms with E-state index in [1.165, 1.54) is 16.7 Å². The van der Waals surface area contributed by atoms with Crippen LogP contribution in [-0.2, 0) is 14.8 Å². The first kappa shape index (κ1) is 25.8. The van der Waals surface area contributed by atoms with Crippen molar-refractivity contribution in [2.24, 2.45) is 5.92 Å². The van der Waals surface area contributed by atoms with Gasteiger partial charge in [0.15, 0.2) is 21.5 Å². The van der Waals surface area contributed by atoms with Gasteiger partial charge in [0.05, 0.1) is 11.2 Å². The number of halogens is 3. The maximum atomic E-state index is 13.5. The fraction of sp³-hybridized carbons (Fsp3) is 0.571. The SMILES string of the molecule is CC(C)C(=O)N1CCN(c2cc(S(=O)(=O)NC3(CF)CC3)cn3c(-c4nnc(C(F)F)s4)nnc23)CC1. The molecule has 2 fully saturated rings. The first-order chi connectivity index (χ1) is 17.5. The molecule has 1 saturated heterocycles. The molecule has 0 atom stereocenters. The zero-order chi connectivity index (χ0) is 26.5. The number of pyridine rings is 1. The molecule has 0 aromatic carbocycles. The Hall–Kier alpha value is -2.85. The molecule has 37 heavy (non-hydrogen) atoms. The first-order valence-electron chi connectivity index (χ1n) is 11.7. The van der Waals surface area contributed by atoms with E-state index in [0.29, 0.717) is 56.0 Å². The summed E-state index contributed by atoms with van der Waals surface area (Å²) in [6.07, 6.45) is -0.764. The minimum absolute atomic E-state index is 0.0298. The van der Waals surface area contributed by atoms with Crippen LogP contribution >= 0.6 is 11.3 Å². The number of aromatic nitrogens is 5. The number of fused-ring (bicyclic) bond motifs is 1. The van der Waals surface area contributed by atoms with E-state index in [2.05, 4.69) is 25.1 Å². The highest BCUT2D eigenvalue weighted by atomic mass is 32.2. The standard InChI is InChI=1S/C21H25F3N8O3S2/c1-12(2)20(33)31-7-5-30(6-8-31)14-9-13(37(34,35)29-21(11-22)3-4-21)10-32-16(14)25-26-17(32)19-28-27-18(36-19)15(23)24/h9-10,12,15,29H,3-8,11H2,1-2H3. The lowest BCUT2D eigenvalue weighted by Gasteiger charge is -2.37. The highest BCUT2D eigenvalue weighted by molar-refractivity contribution is 7.89. The van der Waals surface area contributed by atoms with E-state index in [1.54, 1.807) is 4.90 Å². The molecule has 4 heterocycles. The van der Waals surface area contributed by atoms with Gasteiger partial charge in [-0.25, -0.2) is 26.3 Å². The molecule has 5 rings (SSSR count). The number of nitrogens with zero attached hydrogens (tertiary/aromatic N) is 7. The van der Waals surface area contributed by atoms with Crippen molar-refractivity contribution in [1.29, 1.82) is 0 Å². The third-order valence-electron chi connectivity index (χ3n) is 6.48. The van der Waals surface area contributed by atoms with Gasteiger partial charge in [0, 0.05) is 38.3 Å². The van der Waals surface area contributed by atoms with E-state index < -0.39 is 33.7 Å². The van der Waals surface area contributed by atoms with Gasteiger partial charge in [0.2, 0.25) is 15.9 Å². The molecule has 3 aromatic rings. The van der Waals surface area contributed by atoms with Gasteiger partial charge in [0.1, 0.15) is 11.6 Å². The minimum Gasteiger partial charge on any atom is -0.365 e. The molecule has 0 bridgehead atoms. The Kier molecular flexibility index (Phi) is 6.60. The van der Waals surface area contributed by atoms with Crippen LogP contribution in [0.4, 0.5) is 18.9 Å². The normalized spacial score (nSPS) is 17.8. The Bertz CT molecular complexity index is 1430. The number of carbonyl (C=O) groups is 1. The molecule has 11 nitrogen and oxygen atoms in total. The van der Waals surface area contributed by atoms with E-state index >= 15 is 0 Å². The molecule has 3 aromatic heterocycles. The summed E-state index contributed by atoms with van der Waals surface area (Å²) in [7, 11) is -4.15. The summed E-state index contributed by atoms with van der Waals surface area (Å²) in [5, 5.41) is 15.1. The average Bonchev–Trinajstić information content (AvgIpc) is 3.26. The number of carbonyl (C=O) groups excluding carboxylic acids is 1. The summed E-state index contributed by atoms with van der Waals surface area (Å²) in [5.74, 6) is -0.0627. The molecule has 16 heteroatoms. The highest BCUT2D eigenvalue weighted by Crippen LogP contribution is 2.38. The Morgan fingerprint density at radius 2 is 1.84 bits per heavy atom. The first-order valence-corrected chi connectivity index (χ1v) is 14.0. The van der Waals surface area contributed by atoms with Gasteiger partial charge < -0.3 is 9.80 Å². The number of nitrogens with one attached hydrogen (secondary N) is 1. The third kappa shape index (κ3) is 4.88. The van der Waals surface area contributed by atoms with Gasteiger partial charge in [0.25, 0.3) is 6.43 Å². The molecule has 1 aliphatic heterocycles. The van der Waals surface area contributed by atoms with Gasteiger partial charge in [-0.3, -0.25) is 9.20 Å². The maximum Gasteiger partial charge on any atom is 0.291 e. The summed E-state index contributed by atoms with van der Waals surface area (Å²) in [5.41, 5.74) is -0.391. The Morgan fingerprint density at radius 1 is 1.14 bits per heavy atom. The molecular weight excluding hydrogens is 533 g/mol. The van der Waals surface area contributed by atoms with Crippen LogP contribution in [-0.4, -0.2) is 82.4 Å². The van der Waals surface area contributed by atoms with Crippen molar-refractivity contribution in [3.8, 4) is 10.8 Å². The van der Waals surface area contributed by atoms with Gasteiger partial charge in [-0.1, -0.05) is 25.2 Å². The second-order valence-electron chi connectivity index (χ2n) is 9.51. The maximum absolute atomic E-state index is 13.5. The fourth-order valence-electron chi connectivity index (χ4n) is 4.18. The lowest BCUT2D eigenvalue weighted by atomic mass is 10.1. The predicted molar refractivity (Wildman–Crippen MR) is 129 cm³/mol. The smallest absolute Gasteiger partial charge is 0.291 e. The number of anilines is 1. The predicted octanol–water partition coefficient (Wildman–Crippen LogP) is 2.27. The molecular formula is C21H25F3N8O3S2. The Morgan fingerprint density at radius 3 is 2.41 bits per heavy atom. The van der Waals surface area contributed by atoms with Crippen molar-refractivity contribution in [2.75, 3.05) is 37.8 Å². The van der Waals surface area contributed by atoms with Crippen molar-refractivity contribution in [3.05, 3.63) is 17.3 Å². The Labute approximate surface area is 214 Å². The number of sulfonamides is 1. The summed E-state index contributed by atoms with van der Waals surface area (Å²) in [6, 6.07) is 1.44. The van der Waals surface area contributed by atoms with E-state index in [9.17, 15) is 26.4 Å². The van der Waals surface area contributed by atoms with Gasteiger partial charge in [-0.2, -0.15) is 0 Å². The summed E-state index contributed by atoms with van der Waals surface area (Å²) >= 11 is 0.630. The van der Waals surface area contributed by atoms with Crippen molar-refractivity contribution in [1.82, 2.24) is 34.4 Å². The van der Waals surface area contributed by atoms with Crippen LogP contribution in [0.25, 0.3) is 16.5 Å². The van der Waals surface area contributed by atoms with Crippen LogP contribution in [0.2, 0.25) is 0 Å². The summed E-state index contributed by atoms with van der Waals surface area (Å²) < 4.78 is 70.1. The number of amides is 1. The molecule has 0 unspecified atom stereocenters. The average molecular weight is 559 g/mol. The molecule has 1 saturated carbocycles. The molecule has 0 spiro atoms. The molecule has 1 aliphatic carbocycles. The number of piperazine rings is 1. The minimum atomic E-state index is -4.15. The number of alkyl halides is 3. The van der Waals surface area contributed by atoms with E-state index in [1.807, 2.05) is 18.7 Å². The van der Waals surface area contributed by atoms with Crippen molar-refractivity contribution in [2.45, 2.75) is 43.5 Å². The van der Waals surface area contributed by atoms with Crippen molar-refractivity contribution >= 4 is 38.6 Å². The van der Waals surface area contributed by atoms with Crippen LogP contribution in [0.3, 0.4) is 0 Å². The fourth-order valence-corrected chi connectivity index (χ4v) is 6.32. The van der Waals surface area contributed by atoms with E-state index in [4.69, 9.17) is 0 Å². The summed E-state index contributed by atoms with van der Waals surface area (Å²) in [4.78, 5) is 15.9. The second-order valence-corrected chi connectivity index (χ2v) is 12.2. The number of hydrogen-bond acceptors (Lipinski definition) is 9.